The van der Waals surface area contributed by atoms with E-state index in [4.69, 9.17) is 4.74 Å². The minimum Gasteiger partial charge on any atom is -0.497 e. The Hall–Kier alpha value is -3.42. The first-order valence-electron chi connectivity index (χ1n) is 10.7. The van der Waals surface area contributed by atoms with Gasteiger partial charge in [-0.25, -0.2) is 0 Å². The molecule has 0 aliphatic heterocycles. The number of benzene rings is 2. The van der Waals surface area contributed by atoms with Crippen molar-refractivity contribution < 1.29 is 19.2 Å². The van der Waals surface area contributed by atoms with Gasteiger partial charge in [-0.15, -0.1) is 0 Å². The van der Waals surface area contributed by atoms with Crippen molar-refractivity contribution in [3.05, 3.63) is 69.8 Å². The molecular formula is C24H31N3O5. The molecule has 0 aliphatic carbocycles. The number of nitrogens with zero attached hydrogens (tertiary/aromatic N) is 2. The highest BCUT2D eigenvalue weighted by molar-refractivity contribution is 5.88. The van der Waals surface area contributed by atoms with Gasteiger partial charge in [0.2, 0.25) is 11.8 Å². The minimum atomic E-state index is -0.699. The van der Waals surface area contributed by atoms with Crippen LogP contribution in [0.1, 0.15) is 38.3 Å². The number of nitrogens with one attached hydrogen (secondary N) is 1. The summed E-state index contributed by atoms with van der Waals surface area (Å²) in [6.45, 7) is 6.52. The quantitative estimate of drug-likeness (QED) is 0.423. The van der Waals surface area contributed by atoms with E-state index in [-0.39, 0.29) is 36.4 Å². The molecule has 2 rings (SSSR count). The monoisotopic (exact) mass is 441 g/mol. The molecule has 8 nitrogen and oxygen atoms in total. The second kappa shape index (κ2) is 11.8. The zero-order valence-electron chi connectivity index (χ0n) is 19.0. The van der Waals surface area contributed by atoms with Gasteiger partial charge >= 0.3 is 0 Å². The van der Waals surface area contributed by atoms with E-state index in [1.54, 1.807) is 31.4 Å². The van der Waals surface area contributed by atoms with Crippen LogP contribution in [0.5, 0.6) is 5.75 Å². The molecule has 0 heterocycles. The van der Waals surface area contributed by atoms with Crippen LogP contribution in [0, 0.1) is 16.0 Å². The Labute approximate surface area is 188 Å². The first kappa shape index (κ1) is 24.8. The number of amides is 2. The highest BCUT2D eigenvalue weighted by Crippen LogP contribution is 2.22. The molecule has 0 bridgehead atoms. The van der Waals surface area contributed by atoms with Crippen molar-refractivity contribution in [2.24, 2.45) is 5.92 Å². The van der Waals surface area contributed by atoms with Gasteiger partial charge in [0, 0.05) is 24.7 Å². The van der Waals surface area contributed by atoms with E-state index in [2.05, 4.69) is 5.32 Å². The summed E-state index contributed by atoms with van der Waals surface area (Å²) < 4.78 is 5.28. The molecule has 0 spiro atoms. The molecule has 0 aliphatic rings. The number of carbonyl (C=O) groups excluding carboxylic acids is 2. The fraction of sp³-hybridized carbons (Fsp3) is 0.417. The Balaban J connectivity index is 2.36. The van der Waals surface area contributed by atoms with Gasteiger partial charge in [0.05, 0.1) is 18.5 Å². The van der Waals surface area contributed by atoms with Crippen LogP contribution in [0.2, 0.25) is 0 Å². The van der Waals surface area contributed by atoms with E-state index in [1.165, 1.54) is 11.0 Å². The number of nitro benzene ring substituents is 1. The molecule has 1 atom stereocenters. The Bertz CT molecular complexity index is 945. The molecule has 172 valence electrons. The number of hydrogen-bond donors (Lipinski definition) is 1. The lowest BCUT2D eigenvalue weighted by Gasteiger charge is -2.31. The van der Waals surface area contributed by atoms with Crippen molar-refractivity contribution in [1.29, 1.82) is 0 Å². The minimum absolute atomic E-state index is 0.112. The second-order valence-electron chi connectivity index (χ2n) is 8.00. The first-order chi connectivity index (χ1) is 15.3. The van der Waals surface area contributed by atoms with Gasteiger partial charge in [0.1, 0.15) is 11.8 Å². The van der Waals surface area contributed by atoms with Gasteiger partial charge in [-0.2, -0.15) is 0 Å². The van der Waals surface area contributed by atoms with Crippen LogP contribution in [-0.2, 0) is 22.6 Å². The van der Waals surface area contributed by atoms with E-state index in [0.717, 1.165) is 5.56 Å². The molecule has 0 saturated carbocycles. The molecule has 0 saturated heterocycles. The first-order valence-corrected chi connectivity index (χ1v) is 10.7. The van der Waals surface area contributed by atoms with Crippen molar-refractivity contribution in [2.75, 3.05) is 13.7 Å². The van der Waals surface area contributed by atoms with Crippen LogP contribution in [0.15, 0.2) is 48.5 Å². The van der Waals surface area contributed by atoms with Gasteiger partial charge in [0.25, 0.3) is 5.69 Å². The van der Waals surface area contributed by atoms with Gasteiger partial charge in [0.15, 0.2) is 0 Å². The predicted octanol–water partition coefficient (Wildman–Crippen LogP) is 3.73. The fourth-order valence-corrected chi connectivity index (χ4v) is 3.41. The Morgan fingerprint density at radius 1 is 1.16 bits per heavy atom. The molecule has 0 aromatic heterocycles. The lowest BCUT2D eigenvalue weighted by atomic mass is 10.0. The van der Waals surface area contributed by atoms with Crippen LogP contribution in [0.25, 0.3) is 0 Å². The Morgan fingerprint density at radius 2 is 1.88 bits per heavy atom. The summed E-state index contributed by atoms with van der Waals surface area (Å²) in [5.74, 6) is 0.325. The van der Waals surface area contributed by atoms with Crippen LogP contribution < -0.4 is 10.1 Å². The zero-order chi connectivity index (χ0) is 23.7. The maximum atomic E-state index is 13.4. The second-order valence-corrected chi connectivity index (χ2v) is 8.00. The molecule has 0 radical (unpaired) electrons. The summed E-state index contributed by atoms with van der Waals surface area (Å²) in [5.41, 5.74) is 1.01. The van der Waals surface area contributed by atoms with Crippen LogP contribution in [-0.4, -0.2) is 41.3 Å². The van der Waals surface area contributed by atoms with Gasteiger partial charge < -0.3 is 15.0 Å². The average molecular weight is 442 g/mol. The molecule has 2 amide bonds. The predicted molar refractivity (Wildman–Crippen MR) is 122 cm³/mol. The largest absolute Gasteiger partial charge is 0.497 e. The Kier molecular flexibility index (Phi) is 9.19. The van der Waals surface area contributed by atoms with Crippen molar-refractivity contribution in [2.45, 2.75) is 46.2 Å². The van der Waals surface area contributed by atoms with Crippen molar-refractivity contribution in [3.63, 3.8) is 0 Å². The van der Waals surface area contributed by atoms with E-state index < -0.39 is 11.0 Å². The molecule has 2 aromatic rings. The number of methoxy groups -OCH3 is 1. The fourth-order valence-electron chi connectivity index (χ4n) is 3.41. The standard InChI is InChI=1S/C24H31N3O5/c1-5-21(24(29)25-15-17(2)3)26(16-18-9-8-11-20(13-18)32-4)23(28)14-19-10-6-7-12-22(19)27(30)31/h6-13,17,21H,5,14-16H2,1-4H3,(H,25,29). The third-order valence-corrected chi connectivity index (χ3v) is 5.09. The van der Waals surface area contributed by atoms with Crippen molar-refractivity contribution in [1.82, 2.24) is 10.2 Å². The van der Waals surface area contributed by atoms with E-state index >= 15 is 0 Å². The third kappa shape index (κ3) is 6.80. The van der Waals surface area contributed by atoms with E-state index in [0.29, 0.717) is 24.3 Å². The molecule has 1 N–H and O–H groups in total. The summed E-state index contributed by atoms with van der Waals surface area (Å²) in [5, 5.41) is 14.3. The molecule has 1 unspecified atom stereocenters. The number of nitro groups is 1. The molecular weight excluding hydrogens is 410 g/mol. The summed E-state index contributed by atoms with van der Waals surface area (Å²) in [4.78, 5) is 38.7. The molecule has 8 heteroatoms. The summed E-state index contributed by atoms with van der Waals surface area (Å²) in [7, 11) is 1.56. The van der Waals surface area contributed by atoms with Crippen molar-refractivity contribution in [3.8, 4) is 5.75 Å². The summed E-state index contributed by atoms with van der Waals surface area (Å²) in [6.07, 6.45) is 0.242. The van der Waals surface area contributed by atoms with Crippen LogP contribution >= 0.6 is 0 Å². The van der Waals surface area contributed by atoms with Crippen LogP contribution in [0.3, 0.4) is 0 Å². The lowest BCUT2D eigenvalue weighted by molar-refractivity contribution is -0.385. The number of hydrogen-bond acceptors (Lipinski definition) is 5. The molecule has 0 fully saturated rings. The highest BCUT2D eigenvalue weighted by atomic mass is 16.6. The van der Waals surface area contributed by atoms with Crippen molar-refractivity contribution >= 4 is 17.5 Å². The van der Waals surface area contributed by atoms with Gasteiger partial charge in [-0.1, -0.05) is 51.1 Å². The number of carbonyl (C=O) groups is 2. The van der Waals surface area contributed by atoms with Crippen LogP contribution in [0.4, 0.5) is 5.69 Å². The topological polar surface area (TPSA) is 102 Å². The number of rotatable bonds is 11. The number of ether oxygens (including phenoxy) is 1. The lowest BCUT2D eigenvalue weighted by Crippen LogP contribution is -2.50. The normalized spacial score (nSPS) is 11.7. The van der Waals surface area contributed by atoms with Gasteiger partial charge in [-0.05, 0) is 30.0 Å². The summed E-state index contributed by atoms with van der Waals surface area (Å²) in [6, 6.07) is 12.8. The maximum Gasteiger partial charge on any atom is 0.273 e. The smallest absolute Gasteiger partial charge is 0.273 e. The Morgan fingerprint density at radius 3 is 2.50 bits per heavy atom. The highest BCUT2D eigenvalue weighted by Gasteiger charge is 2.30. The van der Waals surface area contributed by atoms with E-state index in [9.17, 15) is 19.7 Å². The zero-order valence-corrected chi connectivity index (χ0v) is 19.0. The van der Waals surface area contributed by atoms with Gasteiger partial charge in [-0.3, -0.25) is 19.7 Å². The average Bonchev–Trinajstić information content (AvgIpc) is 2.77. The number of para-hydroxylation sites is 1. The molecule has 32 heavy (non-hydrogen) atoms. The maximum absolute atomic E-state index is 13.4. The summed E-state index contributed by atoms with van der Waals surface area (Å²) >= 11 is 0. The SMILES string of the molecule is CCC(C(=O)NCC(C)C)N(Cc1cccc(OC)c1)C(=O)Cc1ccccc1[N+](=O)[O-]. The third-order valence-electron chi connectivity index (χ3n) is 5.09. The van der Waals surface area contributed by atoms with E-state index in [1.807, 2.05) is 39.0 Å². The molecule has 2 aromatic carbocycles.